The van der Waals surface area contributed by atoms with E-state index in [4.69, 9.17) is 0 Å². The molecule has 0 heterocycles. The Balaban J connectivity index is 3.29. The predicted molar refractivity (Wildman–Crippen MR) is 56.8 cm³/mol. The molecule has 0 amide bonds. The molecule has 1 atom stereocenters. The van der Waals surface area contributed by atoms with Crippen LogP contribution in [0.5, 0.6) is 5.75 Å². The molecule has 1 aromatic carbocycles. The lowest BCUT2D eigenvalue weighted by atomic mass is 9.96. The second-order valence-electron chi connectivity index (χ2n) is 3.42. The van der Waals surface area contributed by atoms with E-state index in [1.165, 1.54) is 0 Å². The fourth-order valence-corrected chi connectivity index (χ4v) is 1.32. The summed E-state index contributed by atoms with van der Waals surface area (Å²) in [5.41, 5.74) is 2.06. The monoisotopic (exact) mass is 190 g/mol. The molecule has 0 saturated heterocycles. The Morgan fingerprint density at radius 3 is 2.64 bits per heavy atom. The zero-order valence-corrected chi connectivity index (χ0v) is 8.45. The molecule has 0 aliphatic carbocycles. The van der Waals surface area contributed by atoms with Crippen molar-refractivity contribution in [3.63, 3.8) is 0 Å². The van der Waals surface area contributed by atoms with Gasteiger partial charge in [-0.15, -0.1) is 6.58 Å². The van der Waals surface area contributed by atoms with Gasteiger partial charge >= 0.3 is 0 Å². The molecule has 2 nitrogen and oxygen atoms in total. The van der Waals surface area contributed by atoms with Gasteiger partial charge in [0, 0.05) is 0 Å². The van der Waals surface area contributed by atoms with Crippen molar-refractivity contribution in [2.24, 2.45) is 0 Å². The Morgan fingerprint density at radius 2 is 2.14 bits per heavy atom. The van der Waals surface area contributed by atoms with Crippen molar-refractivity contribution >= 4 is 6.29 Å². The second-order valence-corrected chi connectivity index (χ2v) is 3.42. The SMILES string of the molecule is C=C[C@@H](C)c1cc(C)c(O)c(C=O)c1. The molecule has 0 unspecified atom stereocenters. The van der Waals surface area contributed by atoms with Crippen molar-refractivity contribution in [1.29, 1.82) is 0 Å². The smallest absolute Gasteiger partial charge is 0.153 e. The molecule has 0 aliphatic rings. The third-order valence-corrected chi connectivity index (χ3v) is 2.36. The lowest BCUT2D eigenvalue weighted by Gasteiger charge is -2.10. The Morgan fingerprint density at radius 1 is 1.50 bits per heavy atom. The summed E-state index contributed by atoms with van der Waals surface area (Å²) in [6, 6.07) is 3.57. The maximum atomic E-state index is 10.7. The van der Waals surface area contributed by atoms with Crippen LogP contribution in [0.2, 0.25) is 0 Å². The summed E-state index contributed by atoms with van der Waals surface area (Å²) < 4.78 is 0. The average molecular weight is 190 g/mol. The summed E-state index contributed by atoms with van der Waals surface area (Å²) >= 11 is 0. The number of aromatic hydroxyl groups is 1. The van der Waals surface area contributed by atoms with E-state index in [1.54, 1.807) is 19.1 Å². The topological polar surface area (TPSA) is 37.3 Å². The van der Waals surface area contributed by atoms with Gasteiger partial charge in [0.2, 0.25) is 0 Å². The molecule has 0 radical (unpaired) electrons. The highest BCUT2D eigenvalue weighted by Gasteiger charge is 2.08. The van der Waals surface area contributed by atoms with Crippen LogP contribution in [0.4, 0.5) is 0 Å². The average Bonchev–Trinajstić information content (AvgIpc) is 2.20. The standard InChI is InChI=1S/C12H14O2/c1-4-8(2)10-5-9(3)12(14)11(6-10)7-13/h4-8,14H,1H2,2-3H3/t8-/m1/s1. The number of hydrogen-bond acceptors (Lipinski definition) is 2. The lowest BCUT2D eigenvalue weighted by Crippen LogP contribution is -1.94. The van der Waals surface area contributed by atoms with E-state index < -0.39 is 0 Å². The van der Waals surface area contributed by atoms with Crippen molar-refractivity contribution < 1.29 is 9.90 Å². The summed E-state index contributed by atoms with van der Waals surface area (Å²) in [7, 11) is 0. The van der Waals surface area contributed by atoms with Gasteiger partial charge in [-0.2, -0.15) is 0 Å². The lowest BCUT2D eigenvalue weighted by molar-refractivity contribution is 0.112. The van der Waals surface area contributed by atoms with Crippen LogP contribution < -0.4 is 0 Å². The molecule has 1 rings (SSSR count). The Hall–Kier alpha value is -1.57. The molecule has 0 bridgehead atoms. The van der Waals surface area contributed by atoms with Gasteiger partial charge < -0.3 is 5.11 Å². The molecule has 14 heavy (non-hydrogen) atoms. The number of phenols is 1. The first-order chi connectivity index (χ1) is 6.60. The van der Waals surface area contributed by atoms with Crippen molar-refractivity contribution in [2.75, 3.05) is 0 Å². The van der Waals surface area contributed by atoms with E-state index in [1.807, 2.05) is 13.0 Å². The third-order valence-electron chi connectivity index (χ3n) is 2.36. The second kappa shape index (κ2) is 4.09. The van der Waals surface area contributed by atoms with Gasteiger partial charge in [-0.25, -0.2) is 0 Å². The molecule has 0 aliphatic heterocycles. The van der Waals surface area contributed by atoms with Crippen molar-refractivity contribution in [3.05, 3.63) is 41.5 Å². The Bertz CT molecular complexity index is 367. The molecule has 74 valence electrons. The summed E-state index contributed by atoms with van der Waals surface area (Å²) in [6.07, 6.45) is 2.47. The number of allylic oxidation sites excluding steroid dienone is 1. The molecule has 1 aromatic rings. The quantitative estimate of drug-likeness (QED) is 0.587. The van der Waals surface area contributed by atoms with Crippen molar-refractivity contribution in [3.8, 4) is 5.75 Å². The normalized spacial score (nSPS) is 12.1. The van der Waals surface area contributed by atoms with E-state index >= 15 is 0 Å². The molecule has 0 saturated carbocycles. The first kappa shape index (κ1) is 10.5. The first-order valence-electron chi connectivity index (χ1n) is 4.51. The zero-order valence-electron chi connectivity index (χ0n) is 8.45. The fraction of sp³-hybridized carbons (Fsp3) is 0.250. The van der Waals surface area contributed by atoms with Gasteiger partial charge in [-0.05, 0) is 30.0 Å². The Kier molecular flexibility index (Phi) is 3.07. The van der Waals surface area contributed by atoms with Gasteiger partial charge in [0.1, 0.15) is 5.75 Å². The van der Waals surface area contributed by atoms with Crippen LogP contribution >= 0.6 is 0 Å². The van der Waals surface area contributed by atoms with Crippen LogP contribution in [0.3, 0.4) is 0 Å². The number of benzene rings is 1. The third kappa shape index (κ3) is 1.84. The van der Waals surface area contributed by atoms with Crippen LogP contribution in [0.1, 0.15) is 34.3 Å². The van der Waals surface area contributed by atoms with Gasteiger partial charge in [0.15, 0.2) is 6.29 Å². The number of aryl methyl sites for hydroxylation is 1. The van der Waals surface area contributed by atoms with Crippen LogP contribution in [0.25, 0.3) is 0 Å². The maximum Gasteiger partial charge on any atom is 0.153 e. The van der Waals surface area contributed by atoms with Gasteiger partial charge in [-0.3, -0.25) is 4.79 Å². The molecule has 0 fully saturated rings. The van der Waals surface area contributed by atoms with E-state index in [9.17, 15) is 9.90 Å². The number of hydrogen-bond donors (Lipinski definition) is 1. The minimum Gasteiger partial charge on any atom is -0.507 e. The molecule has 2 heteroatoms. The predicted octanol–water partition coefficient (Wildman–Crippen LogP) is 2.80. The summed E-state index contributed by atoms with van der Waals surface area (Å²) in [5, 5.41) is 9.52. The molecule has 0 aromatic heterocycles. The van der Waals surface area contributed by atoms with Gasteiger partial charge in [-0.1, -0.05) is 19.1 Å². The van der Waals surface area contributed by atoms with Gasteiger partial charge in [0.05, 0.1) is 5.56 Å². The number of aldehydes is 1. The highest BCUT2D eigenvalue weighted by Crippen LogP contribution is 2.26. The fourth-order valence-electron chi connectivity index (χ4n) is 1.32. The van der Waals surface area contributed by atoms with Gasteiger partial charge in [0.25, 0.3) is 0 Å². The number of carbonyl (C=O) groups excluding carboxylic acids is 1. The summed E-state index contributed by atoms with van der Waals surface area (Å²) in [6.45, 7) is 7.47. The van der Waals surface area contributed by atoms with Crippen LogP contribution in [-0.2, 0) is 0 Å². The van der Waals surface area contributed by atoms with Crippen molar-refractivity contribution in [2.45, 2.75) is 19.8 Å². The highest BCUT2D eigenvalue weighted by atomic mass is 16.3. The zero-order chi connectivity index (χ0) is 10.7. The molecule has 0 spiro atoms. The minimum absolute atomic E-state index is 0.0695. The minimum atomic E-state index is 0.0695. The Labute approximate surface area is 83.9 Å². The largest absolute Gasteiger partial charge is 0.507 e. The van der Waals surface area contributed by atoms with E-state index in [0.717, 1.165) is 11.1 Å². The first-order valence-corrected chi connectivity index (χ1v) is 4.51. The maximum absolute atomic E-state index is 10.7. The van der Waals surface area contributed by atoms with E-state index in [0.29, 0.717) is 11.8 Å². The number of phenolic OH excluding ortho intramolecular Hbond substituents is 1. The summed E-state index contributed by atoms with van der Waals surface area (Å²) in [5.74, 6) is 0.257. The van der Waals surface area contributed by atoms with Crippen LogP contribution in [0.15, 0.2) is 24.8 Å². The van der Waals surface area contributed by atoms with Crippen LogP contribution in [0, 0.1) is 6.92 Å². The van der Waals surface area contributed by atoms with Crippen molar-refractivity contribution in [1.82, 2.24) is 0 Å². The summed E-state index contributed by atoms with van der Waals surface area (Å²) in [4.78, 5) is 10.7. The molecular formula is C12H14O2. The molecule has 1 N–H and O–H groups in total. The van der Waals surface area contributed by atoms with E-state index in [-0.39, 0.29) is 11.7 Å². The van der Waals surface area contributed by atoms with E-state index in [2.05, 4.69) is 6.58 Å². The molecular weight excluding hydrogens is 176 g/mol. The number of carbonyl (C=O) groups is 1. The number of rotatable bonds is 3. The van der Waals surface area contributed by atoms with Crippen LogP contribution in [-0.4, -0.2) is 11.4 Å². The highest BCUT2D eigenvalue weighted by molar-refractivity contribution is 5.80.